The van der Waals surface area contributed by atoms with Crippen LogP contribution < -0.4 is 9.47 Å². The van der Waals surface area contributed by atoms with Gasteiger partial charge in [0.2, 0.25) is 0 Å². The molecule has 1 unspecified atom stereocenters. The van der Waals surface area contributed by atoms with E-state index in [4.69, 9.17) is 9.47 Å². The normalized spacial score (nSPS) is 16.8. The summed E-state index contributed by atoms with van der Waals surface area (Å²) < 4.78 is 10.9. The maximum Gasteiger partial charge on any atom is 0.295 e. The minimum absolute atomic E-state index is 0.0867. The molecule has 1 aliphatic heterocycles. The number of methoxy groups -OCH3 is 1. The Bertz CT molecular complexity index is 1520. The first-order valence-electron chi connectivity index (χ1n) is 12.6. The monoisotopic (exact) mass is 510 g/mol. The Morgan fingerprint density at radius 2 is 1.71 bits per heavy atom. The summed E-state index contributed by atoms with van der Waals surface area (Å²) in [6, 6.07) is 19.6. The summed E-state index contributed by atoms with van der Waals surface area (Å²) in [6.07, 6.45) is 2.44. The van der Waals surface area contributed by atoms with Crippen molar-refractivity contribution in [3.05, 3.63) is 101 Å². The van der Waals surface area contributed by atoms with E-state index >= 15 is 0 Å². The molecule has 0 radical (unpaired) electrons. The van der Waals surface area contributed by atoms with Gasteiger partial charge in [0, 0.05) is 29.2 Å². The number of hydrogen-bond acceptors (Lipinski definition) is 5. The van der Waals surface area contributed by atoms with E-state index in [-0.39, 0.29) is 11.3 Å². The van der Waals surface area contributed by atoms with Crippen molar-refractivity contribution in [2.45, 2.75) is 26.3 Å². The number of ketones is 1. The topological polar surface area (TPSA) is 91.9 Å². The Kier molecular flexibility index (Phi) is 6.92. The van der Waals surface area contributed by atoms with E-state index in [0.29, 0.717) is 30.9 Å². The van der Waals surface area contributed by atoms with Crippen LogP contribution in [0.3, 0.4) is 0 Å². The van der Waals surface area contributed by atoms with Gasteiger partial charge in [-0.25, -0.2) is 0 Å². The molecule has 38 heavy (non-hydrogen) atoms. The van der Waals surface area contributed by atoms with Gasteiger partial charge < -0.3 is 24.5 Å². The van der Waals surface area contributed by atoms with Crippen LogP contribution in [0.15, 0.2) is 78.5 Å². The van der Waals surface area contributed by atoms with Gasteiger partial charge in [-0.05, 0) is 73.9 Å². The summed E-state index contributed by atoms with van der Waals surface area (Å²) in [5.74, 6) is -0.108. The molecule has 7 nitrogen and oxygen atoms in total. The summed E-state index contributed by atoms with van der Waals surface area (Å²) in [6.45, 7) is 4.69. The molecule has 2 N–H and O–H groups in total. The predicted molar refractivity (Wildman–Crippen MR) is 146 cm³/mol. The second-order valence-electron chi connectivity index (χ2n) is 9.34. The number of benzene rings is 3. The Hall–Kier alpha value is -4.52. The van der Waals surface area contributed by atoms with E-state index in [1.165, 1.54) is 0 Å². The zero-order valence-corrected chi connectivity index (χ0v) is 21.7. The number of fused-ring (bicyclic) bond motifs is 1. The third-order valence-electron chi connectivity index (χ3n) is 6.97. The van der Waals surface area contributed by atoms with Gasteiger partial charge in [-0.15, -0.1) is 0 Å². The Morgan fingerprint density at radius 1 is 1.00 bits per heavy atom. The zero-order valence-electron chi connectivity index (χ0n) is 21.7. The number of aliphatic hydroxyl groups excluding tert-OH is 1. The van der Waals surface area contributed by atoms with Crippen molar-refractivity contribution in [2.24, 2.45) is 0 Å². The highest BCUT2D eigenvalue weighted by Gasteiger charge is 2.45. The number of aromatic nitrogens is 1. The van der Waals surface area contributed by atoms with Crippen molar-refractivity contribution in [3.63, 3.8) is 0 Å². The summed E-state index contributed by atoms with van der Waals surface area (Å²) in [5, 5.41) is 12.3. The van der Waals surface area contributed by atoms with Crippen LogP contribution in [0, 0.1) is 6.92 Å². The quantitative estimate of drug-likeness (QED) is 0.184. The number of amides is 1. The van der Waals surface area contributed by atoms with Gasteiger partial charge in [0.15, 0.2) is 0 Å². The number of hydrogen-bond donors (Lipinski definition) is 2. The van der Waals surface area contributed by atoms with Crippen LogP contribution >= 0.6 is 0 Å². The van der Waals surface area contributed by atoms with Gasteiger partial charge in [0.25, 0.3) is 11.7 Å². The van der Waals surface area contributed by atoms with Gasteiger partial charge in [0.1, 0.15) is 17.3 Å². The lowest BCUT2D eigenvalue weighted by Crippen LogP contribution is -2.31. The molecule has 1 aliphatic rings. The number of carbonyl (C=O) groups excluding carboxylic acids is 2. The lowest BCUT2D eigenvalue weighted by molar-refractivity contribution is -0.139. The van der Waals surface area contributed by atoms with Gasteiger partial charge >= 0.3 is 0 Å². The first kappa shape index (κ1) is 25.1. The summed E-state index contributed by atoms with van der Waals surface area (Å²) in [7, 11) is 1.62. The highest BCUT2D eigenvalue weighted by Crippen LogP contribution is 2.40. The number of rotatable bonds is 8. The predicted octanol–water partition coefficient (Wildman–Crippen LogP) is 5.55. The van der Waals surface area contributed by atoms with Crippen LogP contribution in [0.1, 0.15) is 35.2 Å². The largest absolute Gasteiger partial charge is 0.507 e. The SMILES string of the molecule is CCOc1ccc(/C(O)=C2/C(=O)C(=O)N(CCc3c[nH]c4ccc(OC)cc34)C2c2ccc(C)cc2)cc1. The highest BCUT2D eigenvalue weighted by molar-refractivity contribution is 6.46. The molecule has 0 spiro atoms. The molecule has 0 aliphatic carbocycles. The Balaban J connectivity index is 1.53. The van der Waals surface area contributed by atoms with Crippen LogP contribution in [0.4, 0.5) is 0 Å². The van der Waals surface area contributed by atoms with Crippen molar-refractivity contribution in [1.29, 1.82) is 0 Å². The number of aliphatic hydroxyl groups is 1. The van der Waals surface area contributed by atoms with Gasteiger partial charge in [0.05, 0.1) is 25.3 Å². The second-order valence-corrected chi connectivity index (χ2v) is 9.34. The fourth-order valence-electron chi connectivity index (χ4n) is 4.97. The number of carbonyl (C=O) groups is 2. The number of aryl methyl sites for hydroxylation is 1. The van der Waals surface area contributed by atoms with E-state index in [9.17, 15) is 14.7 Å². The van der Waals surface area contributed by atoms with E-state index in [2.05, 4.69) is 4.98 Å². The molecule has 3 aromatic carbocycles. The lowest BCUT2D eigenvalue weighted by Gasteiger charge is -2.25. The van der Waals surface area contributed by atoms with Crippen LogP contribution in [-0.2, 0) is 16.0 Å². The number of ether oxygens (including phenoxy) is 2. The smallest absolute Gasteiger partial charge is 0.295 e. The van der Waals surface area contributed by atoms with Crippen LogP contribution in [0.25, 0.3) is 16.7 Å². The van der Waals surface area contributed by atoms with Crippen molar-refractivity contribution >= 4 is 28.4 Å². The molecule has 0 bridgehead atoms. The van der Waals surface area contributed by atoms with Gasteiger partial charge in [-0.3, -0.25) is 9.59 Å². The number of likely N-dealkylation sites (tertiary alicyclic amines) is 1. The average molecular weight is 511 g/mol. The van der Waals surface area contributed by atoms with Crippen molar-refractivity contribution in [2.75, 3.05) is 20.3 Å². The third kappa shape index (κ3) is 4.63. The molecule has 4 aromatic rings. The first-order valence-corrected chi connectivity index (χ1v) is 12.6. The fraction of sp³-hybridized carbons (Fsp3) is 0.226. The molecule has 0 saturated carbocycles. The molecule has 2 heterocycles. The number of aromatic amines is 1. The molecular weight excluding hydrogens is 480 g/mol. The van der Waals surface area contributed by atoms with E-state index in [0.717, 1.165) is 33.3 Å². The molecule has 5 rings (SSSR count). The molecule has 1 saturated heterocycles. The summed E-state index contributed by atoms with van der Waals surface area (Å²) in [5.41, 5.74) is 4.34. The Labute approximate surface area is 221 Å². The van der Waals surface area contributed by atoms with Crippen molar-refractivity contribution in [3.8, 4) is 11.5 Å². The minimum atomic E-state index is -0.707. The van der Waals surface area contributed by atoms with E-state index in [1.54, 1.807) is 36.3 Å². The molecular formula is C31H30N2O5. The third-order valence-corrected chi connectivity index (χ3v) is 6.97. The first-order chi connectivity index (χ1) is 18.4. The Morgan fingerprint density at radius 3 is 2.39 bits per heavy atom. The average Bonchev–Trinajstić information content (AvgIpc) is 3.45. The molecule has 1 amide bonds. The molecule has 194 valence electrons. The van der Waals surface area contributed by atoms with Gasteiger partial charge in [-0.2, -0.15) is 0 Å². The van der Waals surface area contributed by atoms with E-state index in [1.807, 2.05) is 62.5 Å². The van der Waals surface area contributed by atoms with Gasteiger partial charge in [-0.1, -0.05) is 29.8 Å². The van der Waals surface area contributed by atoms with Crippen LogP contribution in [-0.4, -0.2) is 46.9 Å². The standard InChI is InChI=1S/C31H30N2O5/c1-4-38-23-11-9-21(10-12-23)29(34)27-28(20-7-5-19(2)6-8-20)33(31(36)30(27)35)16-15-22-18-32-26-14-13-24(37-3)17-25(22)26/h5-14,17-18,28,32,34H,4,15-16H2,1-3H3/b29-27-. The highest BCUT2D eigenvalue weighted by atomic mass is 16.5. The number of Topliss-reactive ketones (excluding diaryl/α,β-unsaturated/α-hetero) is 1. The van der Waals surface area contributed by atoms with E-state index < -0.39 is 17.7 Å². The minimum Gasteiger partial charge on any atom is -0.507 e. The maximum absolute atomic E-state index is 13.4. The molecule has 1 atom stereocenters. The van der Waals surface area contributed by atoms with Crippen molar-refractivity contribution in [1.82, 2.24) is 9.88 Å². The summed E-state index contributed by atoms with van der Waals surface area (Å²) in [4.78, 5) is 31.5. The van der Waals surface area contributed by atoms with Crippen LogP contribution in [0.2, 0.25) is 0 Å². The van der Waals surface area contributed by atoms with Crippen molar-refractivity contribution < 1.29 is 24.2 Å². The number of H-pyrrole nitrogens is 1. The molecule has 1 aromatic heterocycles. The lowest BCUT2D eigenvalue weighted by atomic mass is 9.94. The fourth-order valence-corrected chi connectivity index (χ4v) is 4.97. The van der Waals surface area contributed by atoms with Crippen LogP contribution in [0.5, 0.6) is 11.5 Å². The molecule has 1 fully saturated rings. The second kappa shape index (κ2) is 10.5. The zero-order chi connectivity index (χ0) is 26.8. The number of nitrogens with one attached hydrogen (secondary N) is 1. The number of nitrogens with zero attached hydrogens (tertiary/aromatic N) is 1. The molecule has 7 heteroatoms. The summed E-state index contributed by atoms with van der Waals surface area (Å²) >= 11 is 0. The maximum atomic E-state index is 13.4.